The molecule has 0 bridgehead atoms. The first kappa shape index (κ1) is 16.4. The molecule has 6 nitrogen and oxygen atoms in total. The van der Waals surface area contributed by atoms with Crippen LogP contribution in [0, 0.1) is 10.5 Å². The number of nitrogens with two attached hydrogens (primary N) is 1. The molecule has 2 aromatic carbocycles. The minimum Gasteiger partial charge on any atom is -0.484 e. The van der Waals surface area contributed by atoms with E-state index in [4.69, 9.17) is 10.5 Å². The third-order valence-corrected chi connectivity index (χ3v) is 4.18. The van der Waals surface area contributed by atoms with Gasteiger partial charge in [0.25, 0.3) is 0 Å². The highest BCUT2D eigenvalue weighted by atomic mass is 127. The molecule has 1 aromatic heterocycles. The van der Waals surface area contributed by atoms with E-state index in [0.29, 0.717) is 11.8 Å². The third-order valence-electron chi connectivity index (χ3n) is 3.28. The van der Waals surface area contributed by atoms with Gasteiger partial charge in [-0.15, -0.1) is 0 Å². The highest BCUT2D eigenvalue weighted by Crippen LogP contribution is 2.21. The number of para-hydroxylation sites is 2. The first-order chi connectivity index (χ1) is 11.6. The van der Waals surface area contributed by atoms with Gasteiger partial charge in [0, 0.05) is 5.69 Å². The summed E-state index contributed by atoms with van der Waals surface area (Å²) >= 11 is 2.22. The molecule has 1 heterocycles. The fourth-order valence-corrected chi connectivity index (χ4v) is 2.64. The van der Waals surface area contributed by atoms with Gasteiger partial charge in [-0.3, -0.25) is 0 Å². The molecule has 0 spiro atoms. The van der Waals surface area contributed by atoms with Crippen molar-refractivity contribution in [1.82, 2.24) is 15.0 Å². The number of rotatable bonds is 5. The second-order valence-corrected chi connectivity index (χ2v) is 6.25. The van der Waals surface area contributed by atoms with Crippen molar-refractivity contribution in [3.63, 3.8) is 0 Å². The Balaban J connectivity index is 1.77. The fourth-order valence-electron chi connectivity index (χ4n) is 2.10. The number of hydrogen-bond donors (Lipinski definition) is 2. The summed E-state index contributed by atoms with van der Waals surface area (Å²) in [6.07, 6.45) is 0. The van der Waals surface area contributed by atoms with Crippen LogP contribution >= 0.6 is 22.6 Å². The van der Waals surface area contributed by atoms with E-state index in [-0.39, 0.29) is 12.6 Å². The number of nitrogens with zero attached hydrogens (tertiary/aromatic N) is 3. The van der Waals surface area contributed by atoms with Crippen LogP contribution in [0.2, 0.25) is 0 Å². The smallest absolute Gasteiger partial charge is 0.232 e. The van der Waals surface area contributed by atoms with Gasteiger partial charge in [-0.2, -0.15) is 15.0 Å². The van der Waals surface area contributed by atoms with Gasteiger partial charge in [0.05, 0.1) is 3.57 Å². The number of aryl methyl sites for hydroxylation is 1. The number of aromatic nitrogens is 3. The van der Waals surface area contributed by atoms with Crippen LogP contribution in [0.4, 0.5) is 17.6 Å². The van der Waals surface area contributed by atoms with Crippen molar-refractivity contribution >= 4 is 40.2 Å². The van der Waals surface area contributed by atoms with Crippen LogP contribution in [-0.2, 0) is 6.61 Å². The van der Waals surface area contributed by atoms with Crippen molar-refractivity contribution in [3.8, 4) is 5.75 Å². The molecule has 3 aromatic rings. The zero-order valence-electron chi connectivity index (χ0n) is 13.0. The maximum Gasteiger partial charge on any atom is 0.232 e. The zero-order valence-corrected chi connectivity index (χ0v) is 15.2. The maximum absolute atomic E-state index is 5.79. The Bertz CT molecular complexity index is 856. The predicted molar refractivity (Wildman–Crippen MR) is 102 cm³/mol. The van der Waals surface area contributed by atoms with E-state index in [0.717, 1.165) is 20.6 Å². The molecule has 0 radical (unpaired) electrons. The van der Waals surface area contributed by atoms with Gasteiger partial charge in [0.2, 0.25) is 11.9 Å². The molecule has 0 aliphatic heterocycles. The highest BCUT2D eigenvalue weighted by molar-refractivity contribution is 14.1. The van der Waals surface area contributed by atoms with Gasteiger partial charge >= 0.3 is 0 Å². The van der Waals surface area contributed by atoms with Crippen molar-refractivity contribution in [3.05, 3.63) is 63.5 Å². The van der Waals surface area contributed by atoms with Crippen molar-refractivity contribution in [2.24, 2.45) is 0 Å². The normalized spacial score (nSPS) is 10.4. The summed E-state index contributed by atoms with van der Waals surface area (Å²) in [5, 5.41) is 3.16. The topological polar surface area (TPSA) is 86.0 Å². The molecule has 122 valence electrons. The lowest BCUT2D eigenvalue weighted by Crippen LogP contribution is -2.10. The van der Waals surface area contributed by atoms with Gasteiger partial charge in [0.15, 0.2) is 5.82 Å². The Morgan fingerprint density at radius 3 is 2.58 bits per heavy atom. The lowest BCUT2D eigenvalue weighted by Gasteiger charge is -2.10. The molecule has 0 saturated heterocycles. The molecule has 7 heteroatoms. The van der Waals surface area contributed by atoms with Crippen LogP contribution < -0.4 is 15.8 Å². The van der Waals surface area contributed by atoms with E-state index in [1.54, 1.807) is 0 Å². The number of ether oxygens (including phenoxy) is 1. The molecular formula is C17H16IN5O. The molecule has 0 amide bonds. The summed E-state index contributed by atoms with van der Waals surface area (Å²) in [7, 11) is 0. The second-order valence-electron chi connectivity index (χ2n) is 5.09. The Kier molecular flexibility index (Phi) is 5.09. The van der Waals surface area contributed by atoms with Gasteiger partial charge in [0.1, 0.15) is 12.4 Å². The standard InChI is InChI=1S/C17H16IN5O/c1-11-6-2-4-8-13(11)20-17-22-15(21-16(19)23-17)10-24-14-9-5-3-7-12(14)18/h2-9H,10H2,1H3,(H3,19,20,21,22,23). The number of halogens is 1. The Morgan fingerprint density at radius 1 is 1.04 bits per heavy atom. The quantitative estimate of drug-likeness (QED) is 0.597. The van der Waals surface area contributed by atoms with Crippen molar-refractivity contribution in [2.75, 3.05) is 11.1 Å². The maximum atomic E-state index is 5.79. The minimum atomic E-state index is 0.155. The van der Waals surface area contributed by atoms with Gasteiger partial charge < -0.3 is 15.8 Å². The van der Waals surface area contributed by atoms with Crippen LogP contribution in [0.25, 0.3) is 0 Å². The molecule has 0 aliphatic carbocycles. The van der Waals surface area contributed by atoms with E-state index in [9.17, 15) is 0 Å². The monoisotopic (exact) mass is 433 g/mol. The zero-order chi connectivity index (χ0) is 16.9. The molecule has 24 heavy (non-hydrogen) atoms. The lowest BCUT2D eigenvalue weighted by molar-refractivity contribution is 0.293. The fraction of sp³-hybridized carbons (Fsp3) is 0.118. The molecular weight excluding hydrogens is 417 g/mol. The SMILES string of the molecule is Cc1ccccc1Nc1nc(N)nc(COc2ccccc2I)n1. The number of anilines is 3. The highest BCUT2D eigenvalue weighted by Gasteiger charge is 2.08. The molecule has 0 aliphatic rings. The third kappa shape index (κ3) is 4.10. The van der Waals surface area contributed by atoms with Crippen molar-refractivity contribution < 1.29 is 4.74 Å². The van der Waals surface area contributed by atoms with E-state index >= 15 is 0 Å². The summed E-state index contributed by atoms with van der Waals surface area (Å²) < 4.78 is 6.79. The largest absolute Gasteiger partial charge is 0.484 e. The molecule has 0 unspecified atom stereocenters. The van der Waals surface area contributed by atoms with Gasteiger partial charge in [-0.1, -0.05) is 30.3 Å². The van der Waals surface area contributed by atoms with Crippen LogP contribution in [-0.4, -0.2) is 15.0 Å². The summed E-state index contributed by atoms with van der Waals surface area (Å²) in [5.41, 5.74) is 7.81. The number of hydrogen-bond acceptors (Lipinski definition) is 6. The van der Waals surface area contributed by atoms with Gasteiger partial charge in [-0.05, 0) is 53.3 Å². The predicted octanol–water partition coefficient (Wildman–Crippen LogP) is 3.69. The van der Waals surface area contributed by atoms with Crippen LogP contribution in [0.3, 0.4) is 0 Å². The summed E-state index contributed by atoms with van der Waals surface area (Å²) in [5.74, 6) is 1.81. The minimum absolute atomic E-state index is 0.155. The van der Waals surface area contributed by atoms with Crippen molar-refractivity contribution in [2.45, 2.75) is 13.5 Å². The lowest BCUT2D eigenvalue weighted by atomic mass is 10.2. The summed E-state index contributed by atoms with van der Waals surface area (Å²) in [4.78, 5) is 12.6. The number of benzene rings is 2. The van der Waals surface area contributed by atoms with Crippen LogP contribution in [0.5, 0.6) is 5.75 Å². The number of nitrogen functional groups attached to an aromatic ring is 1. The average Bonchev–Trinajstić information content (AvgIpc) is 2.56. The Hall–Kier alpha value is -2.42. The molecule has 3 N–H and O–H groups in total. The molecule has 0 atom stereocenters. The van der Waals surface area contributed by atoms with Crippen LogP contribution in [0.15, 0.2) is 48.5 Å². The van der Waals surface area contributed by atoms with Gasteiger partial charge in [-0.25, -0.2) is 0 Å². The Labute approximate surface area is 153 Å². The number of nitrogens with one attached hydrogen (secondary N) is 1. The summed E-state index contributed by atoms with van der Waals surface area (Å²) in [6.45, 7) is 2.23. The first-order valence-corrected chi connectivity index (χ1v) is 8.40. The van der Waals surface area contributed by atoms with Crippen molar-refractivity contribution in [1.29, 1.82) is 0 Å². The molecule has 3 rings (SSSR count). The second kappa shape index (κ2) is 7.43. The first-order valence-electron chi connectivity index (χ1n) is 7.32. The van der Waals surface area contributed by atoms with E-state index in [2.05, 4.69) is 42.9 Å². The average molecular weight is 433 g/mol. The summed E-state index contributed by atoms with van der Waals surface area (Å²) in [6, 6.07) is 15.6. The molecule has 0 saturated carbocycles. The van der Waals surface area contributed by atoms with E-state index in [1.165, 1.54) is 0 Å². The van der Waals surface area contributed by atoms with Crippen LogP contribution in [0.1, 0.15) is 11.4 Å². The van der Waals surface area contributed by atoms with E-state index in [1.807, 2.05) is 55.5 Å². The molecule has 0 fully saturated rings. The van der Waals surface area contributed by atoms with E-state index < -0.39 is 0 Å². The Morgan fingerprint density at radius 2 is 1.79 bits per heavy atom.